The minimum absolute atomic E-state index is 0.537. The lowest BCUT2D eigenvalue weighted by Crippen LogP contribution is -2.28. The van der Waals surface area contributed by atoms with Crippen LogP contribution in [0.4, 0.5) is 0 Å². The highest BCUT2D eigenvalue weighted by atomic mass is 15.1. The molecule has 1 aliphatic heterocycles. The monoisotopic (exact) mass is 266 g/mol. The fourth-order valence-electron chi connectivity index (χ4n) is 3.21. The van der Waals surface area contributed by atoms with Gasteiger partial charge >= 0.3 is 0 Å². The van der Waals surface area contributed by atoms with Crippen molar-refractivity contribution in [3.63, 3.8) is 0 Å². The van der Waals surface area contributed by atoms with E-state index in [9.17, 15) is 0 Å². The predicted molar refractivity (Wildman–Crippen MR) is 80.7 cm³/mol. The molecule has 1 unspecified atom stereocenters. The van der Waals surface area contributed by atoms with Crippen LogP contribution in [0.1, 0.15) is 24.5 Å². The summed E-state index contributed by atoms with van der Waals surface area (Å²) in [5.41, 5.74) is 4.92. The molecule has 0 radical (unpaired) electrons. The highest BCUT2D eigenvalue weighted by Gasteiger charge is 2.21. The average Bonchev–Trinajstić information content (AvgIpc) is 3.14. The Kier molecular flexibility index (Phi) is 2.81. The summed E-state index contributed by atoms with van der Waals surface area (Å²) < 4.78 is 0. The summed E-state index contributed by atoms with van der Waals surface area (Å²) >= 11 is 0. The van der Waals surface area contributed by atoms with Crippen LogP contribution in [0.2, 0.25) is 0 Å². The quantitative estimate of drug-likeness (QED) is 0.668. The summed E-state index contributed by atoms with van der Waals surface area (Å²) in [5.74, 6) is 0.537. The van der Waals surface area contributed by atoms with Gasteiger partial charge in [-0.15, -0.1) is 0 Å². The lowest BCUT2D eigenvalue weighted by atomic mass is 9.91. The van der Waals surface area contributed by atoms with E-state index in [1.807, 2.05) is 6.20 Å². The van der Waals surface area contributed by atoms with Crippen molar-refractivity contribution < 1.29 is 0 Å². The van der Waals surface area contributed by atoms with E-state index >= 15 is 0 Å². The number of nitrogens with one attached hydrogen (secondary N) is 3. The molecule has 0 spiro atoms. The molecule has 0 bridgehead atoms. The molecule has 3 N–H and O–H groups in total. The van der Waals surface area contributed by atoms with Crippen molar-refractivity contribution in [3.05, 3.63) is 42.4 Å². The highest BCUT2D eigenvalue weighted by molar-refractivity contribution is 5.95. The lowest BCUT2D eigenvalue weighted by Gasteiger charge is -2.22. The molecule has 4 rings (SSSR count). The molecule has 1 saturated heterocycles. The van der Waals surface area contributed by atoms with Crippen molar-refractivity contribution in [3.8, 4) is 11.1 Å². The number of hydrogen-bond donors (Lipinski definition) is 3. The normalized spacial score (nSPS) is 19.5. The van der Waals surface area contributed by atoms with Gasteiger partial charge in [0.05, 0.1) is 6.20 Å². The third-order valence-corrected chi connectivity index (χ3v) is 4.25. The van der Waals surface area contributed by atoms with Gasteiger partial charge in [-0.2, -0.15) is 5.10 Å². The summed E-state index contributed by atoms with van der Waals surface area (Å²) in [5, 5.41) is 12.3. The van der Waals surface area contributed by atoms with Crippen molar-refractivity contribution in [2.45, 2.75) is 18.8 Å². The van der Waals surface area contributed by atoms with Crippen molar-refractivity contribution >= 4 is 10.9 Å². The molecule has 3 aromatic rings. The fourth-order valence-corrected chi connectivity index (χ4v) is 3.21. The van der Waals surface area contributed by atoms with E-state index in [4.69, 9.17) is 0 Å². The van der Waals surface area contributed by atoms with Gasteiger partial charge in [-0.25, -0.2) is 0 Å². The molecule has 1 atom stereocenters. The molecule has 1 fully saturated rings. The molecule has 1 aromatic carbocycles. The van der Waals surface area contributed by atoms with Crippen LogP contribution in [-0.2, 0) is 0 Å². The molecule has 1 aliphatic rings. The maximum absolute atomic E-state index is 4.29. The number of nitrogens with zero attached hydrogens (tertiary/aromatic N) is 1. The Bertz CT molecular complexity index is 719. The van der Waals surface area contributed by atoms with Gasteiger partial charge in [-0.1, -0.05) is 18.2 Å². The number of fused-ring (bicyclic) bond motifs is 1. The summed E-state index contributed by atoms with van der Waals surface area (Å²) in [7, 11) is 0. The molecular formula is C16H18N4. The first-order valence-corrected chi connectivity index (χ1v) is 7.24. The van der Waals surface area contributed by atoms with Crippen LogP contribution in [0.5, 0.6) is 0 Å². The van der Waals surface area contributed by atoms with E-state index in [0.29, 0.717) is 5.92 Å². The maximum atomic E-state index is 4.29. The van der Waals surface area contributed by atoms with E-state index in [1.165, 1.54) is 40.6 Å². The van der Waals surface area contributed by atoms with E-state index in [-0.39, 0.29) is 0 Å². The second-order valence-corrected chi connectivity index (χ2v) is 5.49. The van der Waals surface area contributed by atoms with E-state index in [1.54, 1.807) is 0 Å². The molecule has 2 aromatic heterocycles. The van der Waals surface area contributed by atoms with Crippen LogP contribution in [0.25, 0.3) is 22.0 Å². The molecule has 3 heterocycles. The van der Waals surface area contributed by atoms with Crippen LogP contribution >= 0.6 is 0 Å². The minimum atomic E-state index is 0.537. The summed E-state index contributed by atoms with van der Waals surface area (Å²) in [6.07, 6.45) is 6.51. The Morgan fingerprint density at radius 3 is 3.00 bits per heavy atom. The molecule has 20 heavy (non-hydrogen) atoms. The summed E-state index contributed by atoms with van der Waals surface area (Å²) in [6.45, 7) is 2.17. The Morgan fingerprint density at radius 2 is 2.10 bits per heavy atom. The zero-order chi connectivity index (χ0) is 13.4. The Labute approximate surface area is 117 Å². The molecule has 102 valence electrons. The molecule has 0 aliphatic carbocycles. The van der Waals surface area contributed by atoms with Gasteiger partial charge < -0.3 is 10.3 Å². The Morgan fingerprint density at radius 1 is 1.15 bits per heavy atom. The Hall–Kier alpha value is -2.07. The predicted octanol–water partition coefficient (Wildman–Crippen LogP) is 3.03. The number of H-pyrrole nitrogens is 2. The topological polar surface area (TPSA) is 56.5 Å². The first kappa shape index (κ1) is 11.7. The zero-order valence-corrected chi connectivity index (χ0v) is 11.3. The highest BCUT2D eigenvalue weighted by Crippen LogP contribution is 2.34. The van der Waals surface area contributed by atoms with E-state index < -0.39 is 0 Å². The third-order valence-electron chi connectivity index (χ3n) is 4.25. The van der Waals surface area contributed by atoms with Gasteiger partial charge in [-0.3, -0.25) is 5.10 Å². The van der Waals surface area contributed by atoms with Crippen LogP contribution < -0.4 is 5.32 Å². The van der Waals surface area contributed by atoms with Gasteiger partial charge in [0.15, 0.2) is 0 Å². The number of benzene rings is 1. The van der Waals surface area contributed by atoms with Gasteiger partial charge in [-0.05, 0) is 25.5 Å². The van der Waals surface area contributed by atoms with Gasteiger partial charge in [0.2, 0.25) is 0 Å². The van der Waals surface area contributed by atoms with Crippen LogP contribution in [0, 0.1) is 0 Å². The number of piperidine rings is 1. The van der Waals surface area contributed by atoms with Crippen LogP contribution in [-0.4, -0.2) is 28.3 Å². The van der Waals surface area contributed by atoms with Crippen molar-refractivity contribution in [2.24, 2.45) is 0 Å². The van der Waals surface area contributed by atoms with Crippen molar-refractivity contribution in [1.29, 1.82) is 0 Å². The number of aromatic amines is 2. The lowest BCUT2D eigenvalue weighted by molar-refractivity contribution is 0.455. The third kappa shape index (κ3) is 1.84. The number of aromatic nitrogens is 3. The molecule has 4 heteroatoms. The zero-order valence-electron chi connectivity index (χ0n) is 11.3. The maximum Gasteiger partial charge on any atom is 0.0569 e. The van der Waals surface area contributed by atoms with Gasteiger partial charge in [0.1, 0.15) is 0 Å². The van der Waals surface area contributed by atoms with Crippen LogP contribution in [0.15, 0.2) is 36.7 Å². The van der Waals surface area contributed by atoms with Crippen LogP contribution in [0.3, 0.4) is 0 Å². The molecule has 0 saturated carbocycles. The number of hydrogen-bond acceptors (Lipinski definition) is 2. The molecular weight excluding hydrogens is 248 g/mol. The SMILES string of the molecule is c1ccc2c(-c3cn[nH]c3C3CCCNC3)c[nH]c2c1. The largest absolute Gasteiger partial charge is 0.361 e. The second-order valence-electron chi connectivity index (χ2n) is 5.49. The Balaban J connectivity index is 1.81. The summed E-state index contributed by atoms with van der Waals surface area (Å²) in [6, 6.07) is 8.42. The second kappa shape index (κ2) is 4.80. The smallest absolute Gasteiger partial charge is 0.0569 e. The minimum Gasteiger partial charge on any atom is -0.361 e. The van der Waals surface area contributed by atoms with Crippen molar-refractivity contribution in [2.75, 3.05) is 13.1 Å². The average molecular weight is 266 g/mol. The number of rotatable bonds is 2. The van der Waals surface area contributed by atoms with Crippen molar-refractivity contribution in [1.82, 2.24) is 20.5 Å². The summed E-state index contributed by atoms with van der Waals surface area (Å²) in [4.78, 5) is 3.35. The van der Waals surface area contributed by atoms with Gasteiger partial charge in [0.25, 0.3) is 0 Å². The van der Waals surface area contributed by atoms with E-state index in [2.05, 4.69) is 51.0 Å². The first-order chi connectivity index (χ1) is 9.93. The molecule has 4 nitrogen and oxygen atoms in total. The van der Waals surface area contributed by atoms with Gasteiger partial charge in [0, 0.05) is 46.4 Å². The fraction of sp³-hybridized carbons (Fsp3) is 0.312. The number of para-hydroxylation sites is 1. The van der Waals surface area contributed by atoms with E-state index in [0.717, 1.165) is 13.1 Å². The standard InChI is InChI=1S/C16H18N4/c1-2-6-15-12(5-1)13(9-18-15)14-10-19-20-16(14)11-4-3-7-17-8-11/h1-2,5-6,9-11,17-18H,3-4,7-8H2,(H,19,20). The first-order valence-electron chi connectivity index (χ1n) is 7.24. The molecule has 0 amide bonds.